The van der Waals surface area contributed by atoms with E-state index in [0.29, 0.717) is 0 Å². The zero-order valence-electron chi connectivity index (χ0n) is 7.13. The SMILES string of the molecule is CO[C@@H]1O[C@H](CO)[C@@H](F)[C@H](O)[C@H]1O. The van der Waals surface area contributed by atoms with Crippen LogP contribution in [-0.2, 0) is 9.47 Å². The van der Waals surface area contributed by atoms with Crippen LogP contribution >= 0.6 is 0 Å². The fourth-order valence-corrected chi connectivity index (χ4v) is 1.24. The molecule has 1 heterocycles. The van der Waals surface area contributed by atoms with Gasteiger partial charge in [0.1, 0.15) is 18.3 Å². The first-order chi connectivity index (χ1) is 6.11. The van der Waals surface area contributed by atoms with Gasteiger partial charge in [-0.1, -0.05) is 0 Å². The molecule has 6 heteroatoms. The molecule has 1 aliphatic rings. The molecular weight excluding hydrogens is 183 g/mol. The molecule has 0 bridgehead atoms. The van der Waals surface area contributed by atoms with Gasteiger partial charge in [-0.25, -0.2) is 4.39 Å². The second kappa shape index (κ2) is 4.30. The van der Waals surface area contributed by atoms with Crippen molar-refractivity contribution in [3.8, 4) is 0 Å². The van der Waals surface area contributed by atoms with E-state index in [4.69, 9.17) is 14.9 Å². The van der Waals surface area contributed by atoms with Crippen molar-refractivity contribution < 1.29 is 29.2 Å². The van der Waals surface area contributed by atoms with Gasteiger partial charge < -0.3 is 24.8 Å². The fraction of sp³-hybridized carbons (Fsp3) is 1.00. The smallest absolute Gasteiger partial charge is 0.186 e. The van der Waals surface area contributed by atoms with Crippen LogP contribution in [-0.4, -0.2) is 59.8 Å². The van der Waals surface area contributed by atoms with Crippen LogP contribution in [0.1, 0.15) is 0 Å². The highest BCUT2D eigenvalue weighted by Crippen LogP contribution is 2.23. The lowest BCUT2D eigenvalue weighted by Gasteiger charge is -2.37. The number of ether oxygens (including phenoxy) is 2. The molecule has 13 heavy (non-hydrogen) atoms. The third kappa shape index (κ3) is 1.97. The summed E-state index contributed by atoms with van der Waals surface area (Å²) in [5.41, 5.74) is 0. The molecule has 0 saturated carbocycles. The molecule has 0 spiro atoms. The van der Waals surface area contributed by atoms with E-state index in [1.165, 1.54) is 7.11 Å². The van der Waals surface area contributed by atoms with Crippen molar-refractivity contribution in [2.75, 3.05) is 13.7 Å². The maximum atomic E-state index is 13.1. The Labute approximate surface area is 74.7 Å². The number of rotatable bonds is 2. The second-order valence-electron chi connectivity index (χ2n) is 2.89. The average Bonchev–Trinajstić information content (AvgIpc) is 2.15. The summed E-state index contributed by atoms with van der Waals surface area (Å²) in [5.74, 6) is 0. The molecule has 78 valence electrons. The molecule has 3 N–H and O–H groups in total. The standard InChI is InChI=1S/C7H13FO5/c1-12-7-6(11)5(10)4(8)3(2-9)13-7/h3-7,9-11H,2H2,1H3/t3-,4-,5+,6-,7-/m1/s1. The summed E-state index contributed by atoms with van der Waals surface area (Å²) in [4.78, 5) is 0. The molecule has 1 fully saturated rings. The first-order valence-electron chi connectivity index (χ1n) is 3.91. The van der Waals surface area contributed by atoms with Gasteiger partial charge >= 0.3 is 0 Å². The van der Waals surface area contributed by atoms with Crippen LogP contribution in [0, 0.1) is 0 Å². The van der Waals surface area contributed by atoms with E-state index >= 15 is 0 Å². The first-order valence-corrected chi connectivity index (χ1v) is 3.91. The van der Waals surface area contributed by atoms with Crippen molar-refractivity contribution in [1.82, 2.24) is 0 Å². The molecule has 1 rings (SSSR count). The Morgan fingerprint density at radius 2 is 2.00 bits per heavy atom. The largest absolute Gasteiger partial charge is 0.394 e. The van der Waals surface area contributed by atoms with Crippen LogP contribution in [0.5, 0.6) is 0 Å². The lowest BCUT2D eigenvalue weighted by molar-refractivity contribution is -0.283. The van der Waals surface area contributed by atoms with Gasteiger partial charge in [-0.2, -0.15) is 0 Å². The second-order valence-corrected chi connectivity index (χ2v) is 2.89. The lowest BCUT2D eigenvalue weighted by Crippen LogP contribution is -2.57. The zero-order chi connectivity index (χ0) is 10.0. The summed E-state index contributed by atoms with van der Waals surface area (Å²) in [5, 5.41) is 27.0. The predicted octanol–water partition coefficient (Wildman–Crippen LogP) is -1.59. The van der Waals surface area contributed by atoms with E-state index in [9.17, 15) is 9.50 Å². The van der Waals surface area contributed by atoms with Crippen LogP contribution in [0.2, 0.25) is 0 Å². The van der Waals surface area contributed by atoms with E-state index in [0.717, 1.165) is 0 Å². The van der Waals surface area contributed by atoms with Gasteiger partial charge in [0.2, 0.25) is 0 Å². The van der Waals surface area contributed by atoms with Crippen LogP contribution < -0.4 is 0 Å². The van der Waals surface area contributed by atoms with Crippen molar-refractivity contribution in [1.29, 1.82) is 0 Å². The van der Waals surface area contributed by atoms with Gasteiger partial charge in [-0.15, -0.1) is 0 Å². The number of alkyl halides is 1. The maximum Gasteiger partial charge on any atom is 0.186 e. The molecule has 1 aliphatic heterocycles. The third-order valence-corrected chi connectivity index (χ3v) is 2.03. The Kier molecular flexibility index (Phi) is 3.57. The molecule has 0 unspecified atom stereocenters. The summed E-state index contributed by atoms with van der Waals surface area (Å²) in [6, 6.07) is 0. The van der Waals surface area contributed by atoms with E-state index in [1.54, 1.807) is 0 Å². The maximum absolute atomic E-state index is 13.1. The van der Waals surface area contributed by atoms with E-state index in [-0.39, 0.29) is 0 Å². The van der Waals surface area contributed by atoms with Crippen LogP contribution in [0.25, 0.3) is 0 Å². The Morgan fingerprint density at radius 3 is 2.46 bits per heavy atom. The minimum absolute atomic E-state index is 0.565. The Balaban J connectivity index is 2.66. The number of aliphatic hydroxyl groups excluding tert-OH is 3. The van der Waals surface area contributed by atoms with Gasteiger partial charge in [0.05, 0.1) is 6.61 Å². The predicted molar refractivity (Wildman–Crippen MR) is 39.7 cm³/mol. The van der Waals surface area contributed by atoms with E-state index in [1.807, 2.05) is 0 Å². The topological polar surface area (TPSA) is 79.2 Å². The molecule has 0 aromatic rings. The van der Waals surface area contributed by atoms with Gasteiger partial charge in [0.25, 0.3) is 0 Å². The monoisotopic (exact) mass is 196 g/mol. The summed E-state index contributed by atoms with van der Waals surface area (Å²) in [6.07, 6.45) is -7.06. The van der Waals surface area contributed by atoms with Crippen molar-refractivity contribution in [2.45, 2.75) is 30.8 Å². The van der Waals surface area contributed by atoms with Crippen molar-refractivity contribution >= 4 is 0 Å². The Hall–Kier alpha value is -0.270. The van der Waals surface area contributed by atoms with E-state index in [2.05, 4.69) is 4.74 Å². The molecule has 1 saturated heterocycles. The van der Waals surface area contributed by atoms with E-state index < -0.39 is 37.4 Å². The molecule has 0 aliphatic carbocycles. The number of halogens is 1. The van der Waals surface area contributed by atoms with Gasteiger partial charge in [-0.05, 0) is 0 Å². The number of methoxy groups -OCH3 is 1. The summed E-state index contributed by atoms with van der Waals surface area (Å²) < 4.78 is 22.5. The molecule has 0 radical (unpaired) electrons. The van der Waals surface area contributed by atoms with Crippen LogP contribution in [0.15, 0.2) is 0 Å². The van der Waals surface area contributed by atoms with Gasteiger partial charge in [-0.3, -0.25) is 0 Å². The Bertz CT molecular complexity index is 147. The molecular formula is C7H13FO5. The van der Waals surface area contributed by atoms with Crippen molar-refractivity contribution in [3.05, 3.63) is 0 Å². The highest BCUT2D eigenvalue weighted by atomic mass is 19.1. The molecule has 5 atom stereocenters. The third-order valence-electron chi connectivity index (χ3n) is 2.03. The zero-order valence-corrected chi connectivity index (χ0v) is 7.13. The van der Waals surface area contributed by atoms with Gasteiger partial charge in [0, 0.05) is 7.11 Å². The lowest BCUT2D eigenvalue weighted by atomic mass is 10.0. The fourth-order valence-electron chi connectivity index (χ4n) is 1.24. The minimum Gasteiger partial charge on any atom is -0.394 e. The van der Waals surface area contributed by atoms with Crippen molar-refractivity contribution in [3.63, 3.8) is 0 Å². The normalized spacial score (nSPS) is 46.4. The first kappa shape index (κ1) is 10.8. The van der Waals surface area contributed by atoms with Crippen molar-refractivity contribution in [2.24, 2.45) is 0 Å². The average molecular weight is 196 g/mol. The Morgan fingerprint density at radius 1 is 1.38 bits per heavy atom. The van der Waals surface area contributed by atoms with Gasteiger partial charge in [0.15, 0.2) is 12.5 Å². The minimum atomic E-state index is -1.80. The quantitative estimate of drug-likeness (QED) is 0.496. The van der Waals surface area contributed by atoms with Crippen LogP contribution in [0.3, 0.4) is 0 Å². The summed E-state index contributed by atoms with van der Waals surface area (Å²) >= 11 is 0. The highest BCUT2D eigenvalue weighted by molar-refractivity contribution is 4.88. The molecule has 5 nitrogen and oxygen atoms in total. The molecule has 0 aromatic heterocycles. The molecule has 0 aromatic carbocycles. The summed E-state index contributed by atoms with van der Waals surface area (Å²) in [6.45, 7) is -0.565. The molecule has 0 amide bonds. The number of hydrogen-bond acceptors (Lipinski definition) is 5. The number of hydrogen-bond donors (Lipinski definition) is 3. The summed E-state index contributed by atoms with van der Waals surface area (Å²) in [7, 11) is 1.26. The highest BCUT2D eigenvalue weighted by Gasteiger charge is 2.44. The van der Waals surface area contributed by atoms with Crippen LogP contribution in [0.4, 0.5) is 4.39 Å². The number of aliphatic hydroxyl groups is 3.